The van der Waals surface area contributed by atoms with Gasteiger partial charge in [-0.3, -0.25) is 9.59 Å². The maximum absolute atomic E-state index is 12.6. The predicted octanol–water partition coefficient (Wildman–Crippen LogP) is 5.85. The maximum Gasteiger partial charge on any atom is 0.255 e. The van der Waals surface area contributed by atoms with Gasteiger partial charge in [0.2, 0.25) is 0 Å². The van der Waals surface area contributed by atoms with Gasteiger partial charge in [0.05, 0.1) is 11.1 Å². The van der Waals surface area contributed by atoms with E-state index in [0.29, 0.717) is 33.6 Å². The van der Waals surface area contributed by atoms with Gasteiger partial charge < -0.3 is 15.4 Å². The van der Waals surface area contributed by atoms with E-state index in [-0.39, 0.29) is 17.4 Å². The number of anilines is 1. The van der Waals surface area contributed by atoms with Crippen LogP contribution < -0.4 is 15.4 Å². The van der Waals surface area contributed by atoms with Crippen LogP contribution in [0.15, 0.2) is 77.3 Å². The van der Waals surface area contributed by atoms with Crippen LogP contribution in [-0.2, 0) is 6.42 Å². The molecule has 166 valence electrons. The number of hydrogen-bond donors (Lipinski definition) is 2. The molecule has 3 rings (SSSR count). The normalized spacial score (nSPS) is 11.0. The molecule has 0 heterocycles. The van der Waals surface area contributed by atoms with Crippen LogP contribution >= 0.6 is 15.9 Å². The first-order valence-corrected chi connectivity index (χ1v) is 11.2. The molecule has 0 aliphatic rings. The Kier molecular flexibility index (Phi) is 7.70. The lowest BCUT2D eigenvalue weighted by molar-refractivity contribution is 0.0919. The molecule has 3 aromatic rings. The van der Waals surface area contributed by atoms with E-state index in [4.69, 9.17) is 4.74 Å². The van der Waals surface area contributed by atoms with E-state index in [1.54, 1.807) is 42.5 Å². The van der Waals surface area contributed by atoms with Gasteiger partial charge in [0, 0.05) is 28.8 Å². The fourth-order valence-corrected chi connectivity index (χ4v) is 3.50. The number of carbonyl (C=O) groups excluding carboxylic acids is 2. The molecule has 0 aromatic heterocycles. The molecule has 2 N–H and O–H groups in total. The molecule has 0 unspecified atom stereocenters. The smallest absolute Gasteiger partial charge is 0.255 e. The fourth-order valence-electron chi connectivity index (χ4n) is 3.00. The van der Waals surface area contributed by atoms with Crippen molar-refractivity contribution in [2.24, 2.45) is 0 Å². The van der Waals surface area contributed by atoms with Crippen LogP contribution in [-0.4, -0.2) is 24.0 Å². The molecule has 0 saturated carbocycles. The minimum atomic E-state index is -0.311. The molecule has 0 fully saturated rings. The van der Waals surface area contributed by atoms with Gasteiger partial charge >= 0.3 is 0 Å². The van der Waals surface area contributed by atoms with Crippen molar-refractivity contribution in [2.75, 3.05) is 11.9 Å². The van der Waals surface area contributed by atoms with Gasteiger partial charge in [-0.2, -0.15) is 0 Å². The van der Waals surface area contributed by atoms with Gasteiger partial charge in [-0.1, -0.05) is 30.3 Å². The van der Waals surface area contributed by atoms with Crippen LogP contribution in [0.3, 0.4) is 0 Å². The highest BCUT2D eigenvalue weighted by Crippen LogP contribution is 2.26. The number of amides is 2. The van der Waals surface area contributed by atoms with Crippen molar-refractivity contribution in [2.45, 2.75) is 32.7 Å². The molecule has 0 aliphatic heterocycles. The lowest BCUT2D eigenvalue weighted by Crippen LogP contribution is -2.40. The van der Waals surface area contributed by atoms with E-state index in [0.717, 1.165) is 6.42 Å². The monoisotopic (exact) mass is 494 g/mol. The van der Waals surface area contributed by atoms with E-state index < -0.39 is 0 Å². The highest BCUT2D eigenvalue weighted by Gasteiger charge is 2.15. The Morgan fingerprint density at radius 2 is 1.53 bits per heavy atom. The van der Waals surface area contributed by atoms with Crippen LogP contribution in [0.1, 0.15) is 47.1 Å². The molecule has 32 heavy (non-hydrogen) atoms. The van der Waals surface area contributed by atoms with Gasteiger partial charge in [0.25, 0.3) is 11.8 Å². The molecule has 0 saturated heterocycles. The summed E-state index contributed by atoms with van der Waals surface area (Å²) in [6.07, 6.45) is 0.805. The van der Waals surface area contributed by atoms with Crippen molar-refractivity contribution in [3.8, 4) is 5.75 Å². The number of carbonyl (C=O) groups is 2. The van der Waals surface area contributed by atoms with Gasteiger partial charge in [-0.15, -0.1) is 0 Å². The SMILES string of the molecule is CC(C)(C)NC(=O)c1ccc(NC(=O)c2ccc(OCCc3ccccc3)c(Br)c2)cc1. The van der Waals surface area contributed by atoms with Crippen molar-refractivity contribution in [1.29, 1.82) is 0 Å². The van der Waals surface area contributed by atoms with Gasteiger partial charge in [-0.25, -0.2) is 0 Å². The van der Waals surface area contributed by atoms with Gasteiger partial charge in [-0.05, 0) is 84.7 Å². The average Bonchev–Trinajstić information content (AvgIpc) is 2.75. The van der Waals surface area contributed by atoms with Crippen LogP contribution in [0.25, 0.3) is 0 Å². The molecule has 0 atom stereocenters. The minimum absolute atomic E-state index is 0.151. The average molecular weight is 495 g/mol. The molecule has 6 heteroatoms. The second-order valence-corrected chi connectivity index (χ2v) is 9.32. The quantitative estimate of drug-likeness (QED) is 0.432. The first-order valence-electron chi connectivity index (χ1n) is 10.4. The first-order chi connectivity index (χ1) is 15.2. The minimum Gasteiger partial charge on any atom is -0.492 e. The summed E-state index contributed by atoms with van der Waals surface area (Å²) in [5.74, 6) is 0.294. The molecule has 5 nitrogen and oxygen atoms in total. The standard InChI is InChI=1S/C26H27BrN2O3/c1-26(2,3)29-25(31)19-9-12-21(13-10-19)28-24(30)20-11-14-23(22(27)17-20)32-16-15-18-7-5-4-6-8-18/h4-14,17H,15-16H2,1-3H3,(H,28,30)(H,29,31). The Morgan fingerprint density at radius 1 is 0.875 bits per heavy atom. The molecular formula is C26H27BrN2O3. The maximum atomic E-state index is 12.6. The lowest BCUT2D eigenvalue weighted by atomic mass is 10.1. The number of ether oxygens (including phenoxy) is 1. The van der Waals surface area contributed by atoms with Crippen LogP contribution in [0.5, 0.6) is 5.75 Å². The number of rotatable bonds is 7. The zero-order chi connectivity index (χ0) is 23.1. The highest BCUT2D eigenvalue weighted by molar-refractivity contribution is 9.10. The summed E-state index contributed by atoms with van der Waals surface area (Å²) >= 11 is 3.49. The van der Waals surface area contributed by atoms with E-state index in [1.807, 2.05) is 39.0 Å². The van der Waals surface area contributed by atoms with Crippen LogP contribution in [0, 0.1) is 0 Å². The Bertz CT molecular complexity index is 1070. The number of nitrogens with one attached hydrogen (secondary N) is 2. The summed E-state index contributed by atoms with van der Waals surface area (Å²) in [7, 11) is 0. The van der Waals surface area contributed by atoms with E-state index >= 15 is 0 Å². The predicted molar refractivity (Wildman–Crippen MR) is 131 cm³/mol. The Hall–Kier alpha value is -3.12. The topological polar surface area (TPSA) is 67.4 Å². The lowest BCUT2D eigenvalue weighted by Gasteiger charge is -2.20. The third kappa shape index (κ3) is 6.95. The largest absolute Gasteiger partial charge is 0.492 e. The summed E-state index contributed by atoms with van der Waals surface area (Å²) in [5, 5.41) is 5.77. The number of halogens is 1. The molecule has 2 amide bonds. The van der Waals surface area contributed by atoms with Crippen molar-refractivity contribution >= 4 is 33.4 Å². The third-order valence-corrected chi connectivity index (χ3v) is 5.20. The van der Waals surface area contributed by atoms with Crippen LogP contribution in [0.4, 0.5) is 5.69 Å². The van der Waals surface area contributed by atoms with Gasteiger partial charge in [0.15, 0.2) is 0 Å². The van der Waals surface area contributed by atoms with E-state index in [1.165, 1.54) is 5.56 Å². The molecular weight excluding hydrogens is 468 g/mol. The zero-order valence-corrected chi connectivity index (χ0v) is 20.0. The second-order valence-electron chi connectivity index (χ2n) is 8.46. The van der Waals surface area contributed by atoms with Crippen molar-refractivity contribution in [1.82, 2.24) is 5.32 Å². The summed E-state index contributed by atoms with van der Waals surface area (Å²) < 4.78 is 6.56. The second kappa shape index (κ2) is 10.5. The molecule has 0 bridgehead atoms. The zero-order valence-electron chi connectivity index (χ0n) is 18.4. The molecule has 3 aromatic carbocycles. The molecule has 0 radical (unpaired) electrons. The summed E-state index contributed by atoms with van der Waals surface area (Å²) in [6.45, 7) is 6.33. The highest BCUT2D eigenvalue weighted by atomic mass is 79.9. The Morgan fingerprint density at radius 3 is 2.16 bits per heavy atom. The Balaban J connectivity index is 1.57. The summed E-state index contributed by atoms with van der Waals surface area (Å²) in [5.41, 5.74) is 2.55. The number of hydrogen-bond acceptors (Lipinski definition) is 3. The fraction of sp³-hybridized carbons (Fsp3) is 0.231. The Labute approximate surface area is 197 Å². The number of benzene rings is 3. The first kappa shape index (κ1) is 23.5. The van der Waals surface area contributed by atoms with Crippen molar-refractivity contribution in [3.05, 3.63) is 94.0 Å². The van der Waals surface area contributed by atoms with Crippen molar-refractivity contribution < 1.29 is 14.3 Å². The van der Waals surface area contributed by atoms with Gasteiger partial charge in [0.1, 0.15) is 5.75 Å². The molecule has 0 aliphatic carbocycles. The summed E-state index contributed by atoms with van der Waals surface area (Å²) in [4.78, 5) is 24.9. The third-order valence-electron chi connectivity index (χ3n) is 4.58. The van der Waals surface area contributed by atoms with E-state index in [9.17, 15) is 9.59 Å². The van der Waals surface area contributed by atoms with Crippen LogP contribution in [0.2, 0.25) is 0 Å². The van der Waals surface area contributed by atoms with E-state index in [2.05, 4.69) is 38.7 Å². The van der Waals surface area contributed by atoms with Crippen molar-refractivity contribution in [3.63, 3.8) is 0 Å². The summed E-state index contributed by atoms with van der Waals surface area (Å²) in [6, 6.07) is 22.2. The molecule has 0 spiro atoms.